The molecule has 2 rings (SSSR count). The minimum atomic E-state index is -0.577. The molecular formula is C12H15ClN2O2. The molecule has 0 aromatic heterocycles. The van der Waals surface area contributed by atoms with Crippen molar-refractivity contribution in [3.63, 3.8) is 0 Å². The number of anilines is 2. The number of fused-ring (bicyclic) bond motifs is 1. The quantitative estimate of drug-likeness (QED) is 0.723. The zero-order valence-electron chi connectivity index (χ0n) is 10.1. The van der Waals surface area contributed by atoms with E-state index in [0.717, 1.165) is 0 Å². The van der Waals surface area contributed by atoms with Gasteiger partial charge < -0.3 is 15.4 Å². The van der Waals surface area contributed by atoms with Crippen LogP contribution in [0.3, 0.4) is 0 Å². The molecule has 0 radical (unpaired) electrons. The summed E-state index contributed by atoms with van der Waals surface area (Å²) >= 11 is 5.95. The summed E-state index contributed by atoms with van der Waals surface area (Å²) in [6.45, 7) is 3.99. The fourth-order valence-electron chi connectivity index (χ4n) is 1.88. The lowest BCUT2D eigenvalue weighted by Gasteiger charge is -2.24. The van der Waals surface area contributed by atoms with E-state index in [9.17, 15) is 4.79 Å². The third kappa shape index (κ3) is 1.93. The SMILES string of the molecule is CN1C(=O)C(C)(C)COc2c(N)cc(Cl)cc21. The fraction of sp³-hybridized carbons (Fsp3) is 0.417. The van der Waals surface area contributed by atoms with E-state index in [1.165, 1.54) is 0 Å². The Hall–Kier alpha value is -1.42. The average molecular weight is 255 g/mol. The Kier molecular flexibility index (Phi) is 2.70. The third-order valence-corrected chi connectivity index (χ3v) is 3.10. The molecule has 0 atom stereocenters. The van der Waals surface area contributed by atoms with Crippen LogP contribution < -0.4 is 15.4 Å². The second-order valence-electron chi connectivity index (χ2n) is 4.88. The number of nitrogen functional groups attached to an aromatic ring is 1. The first kappa shape index (κ1) is 12.0. The average Bonchev–Trinajstić information content (AvgIpc) is 2.31. The monoisotopic (exact) mass is 254 g/mol. The predicted molar refractivity (Wildman–Crippen MR) is 68.6 cm³/mol. The van der Waals surface area contributed by atoms with E-state index < -0.39 is 5.41 Å². The molecule has 0 unspecified atom stereocenters. The molecule has 1 aromatic rings. The number of benzene rings is 1. The second kappa shape index (κ2) is 3.81. The molecule has 92 valence electrons. The van der Waals surface area contributed by atoms with Crippen LogP contribution in [-0.2, 0) is 4.79 Å². The van der Waals surface area contributed by atoms with Crippen molar-refractivity contribution >= 4 is 28.9 Å². The molecule has 1 aliphatic rings. The lowest BCUT2D eigenvalue weighted by molar-refractivity contribution is -0.127. The summed E-state index contributed by atoms with van der Waals surface area (Å²) < 4.78 is 5.64. The van der Waals surface area contributed by atoms with E-state index in [0.29, 0.717) is 28.8 Å². The first-order valence-corrected chi connectivity index (χ1v) is 5.71. The van der Waals surface area contributed by atoms with Crippen LogP contribution in [0.4, 0.5) is 11.4 Å². The maximum absolute atomic E-state index is 12.2. The van der Waals surface area contributed by atoms with E-state index in [-0.39, 0.29) is 5.91 Å². The number of amides is 1. The van der Waals surface area contributed by atoms with Gasteiger partial charge in [-0.15, -0.1) is 0 Å². The molecule has 1 aromatic carbocycles. The number of nitrogens with two attached hydrogens (primary N) is 1. The molecule has 4 nitrogen and oxygen atoms in total. The maximum Gasteiger partial charge on any atom is 0.235 e. The normalized spacial score (nSPS) is 18.4. The lowest BCUT2D eigenvalue weighted by Crippen LogP contribution is -2.39. The van der Waals surface area contributed by atoms with Crippen LogP contribution in [0.25, 0.3) is 0 Å². The second-order valence-corrected chi connectivity index (χ2v) is 5.32. The topological polar surface area (TPSA) is 55.6 Å². The Labute approximate surface area is 105 Å². The van der Waals surface area contributed by atoms with Crippen LogP contribution in [0.5, 0.6) is 5.75 Å². The minimum absolute atomic E-state index is 0.0158. The summed E-state index contributed by atoms with van der Waals surface area (Å²) in [4.78, 5) is 13.8. The van der Waals surface area contributed by atoms with Gasteiger partial charge in [0.15, 0.2) is 5.75 Å². The van der Waals surface area contributed by atoms with E-state index in [1.54, 1.807) is 24.1 Å². The molecule has 1 aliphatic heterocycles. The highest BCUT2D eigenvalue weighted by molar-refractivity contribution is 6.31. The highest BCUT2D eigenvalue weighted by Gasteiger charge is 2.36. The van der Waals surface area contributed by atoms with Crippen molar-refractivity contribution < 1.29 is 9.53 Å². The number of ether oxygens (including phenoxy) is 1. The highest BCUT2D eigenvalue weighted by atomic mass is 35.5. The number of nitrogens with zero attached hydrogens (tertiary/aromatic N) is 1. The number of hydrogen-bond donors (Lipinski definition) is 1. The Bertz CT molecular complexity index is 486. The first-order valence-electron chi connectivity index (χ1n) is 5.33. The number of carbonyl (C=O) groups excluding carboxylic acids is 1. The van der Waals surface area contributed by atoms with Gasteiger partial charge in [0.25, 0.3) is 0 Å². The number of hydrogen-bond acceptors (Lipinski definition) is 3. The molecule has 0 saturated carbocycles. The summed E-state index contributed by atoms with van der Waals surface area (Å²) in [6.07, 6.45) is 0. The predicted octanol–water partition coefficient (Wildman–Crippen LogP) is 2.30. The van der Waals surface area contributed by atoms with Crippen molar-refractivity contribution in [2.75, 3.05) is 24.3 Å². The minimum Gasteiger partial charge on any atom is -0.488 e. The molecule has 0 saturated heterocycles. The summed E-state index contributed by atoms with van der Waals surface area (Å²) in [5.74, 6) is 0.508. The summed E-state index contributed by atoms with van der Waals surface area (Å²) in [5.41, 5.74) is 6.35. The molecule has 1 heterocycles. The van der Waals surface area contributed by atoms with Crippen molar-refractivity contribution in [2.24, 2.45) is 5.41 Å². The number of carbonyl (C=O) groups is 1. The van der Waals surface area contributed by atoms with Gasteiger partial charge in [0.2, 0.25) is 5.91 Å². The largest absolute Gasteiger partial charge is 0.488 e. The maximum atomic E-state index is 12.2. The number of rotatable bonds is 0. The smallest absolute Gasteiger partial charge is 0.235 e. The molecule has 0 spiro atoms. The van der Waals surface area contributed by atoms with Crippen LogP contribution >= 0.6 is 11.6 Å². The summed E-state index contributed by atoms with van der Waals surface area (Å²) in [6, 6.07) is 3.31. The van der Waals surface area contributed by atoms with Gasteiger partial charge in [-0.2, -0.15) is 0 Å². The molecule has 0 bridgehead atoms. The highest BCUT2D eigenvalue weighted by Crippen LogP contribution is 2.41. The molecule has 1 amide bonds. The Balaban J connectivity index is 2.59. The zero-order chi connectivity index (χ0) is 12.8. The third-order valence-electron chi connectivity index (χ3n) is 2.89. The molecule has 0 fully saturated rings. The zero-order valence-corrected chi connectivity index (χ0v) is 10.8. The molecule has 0 aliphatic carbocycles. The van der Waals surface area contributed by atoms with Crippen LogP contribution in [-0.4, -0.2) is 19.6 Å². The van der Waals surface area contributed by atoms with Crippen LogP contribution in [0, 0.1) is 5.41 Å². The van der Waals surface area contributed by atoms with Gasteiger partial charge in [-0.1, -0.05) is 11.6 Å². The van der Waals surface area contributed by atoms with Crippen molar-refractivity contribution in [2.45, 2.75) is 13.8 Å². The Morgan fingerprint density at radius 2 is 2.12 bits per heavy atom. The molecule has 5 heteroatoms. The van der Waals surface area contributed by atoms with Crippen molar-refractivity contribution in [3.8, 4) is 5.75 Å². The van der Waals surface area contributed by atoms with Crippen molar-refractivity contribution in [1.29, 1.82) is 0 Å². The van der Waals surface area contributed by atoms with Crippen LogP contribution in [0.2, 0.25) is 5.02 Å². The summed E-state index contributed by atoms with van der Waals surface area (Å²) in [5, 5.41) is 0.490. The standard InChI is InChI=1S/C12H15ClN2O2/c1-12(2)6-17-10-8(14)4-7(13)5-9(10)15(3)11(12)16/h4-5H,6,14H2,1-3H3. The van der Waals surface area contributed by atoms with Gasteiger partial charge in [0, 0.05) is 12.1 Å². The van der Waals surface area contributed by atoms with Gasteiger partial charge in [-0.05, 0) is 26.0 Å². The van der Waals surface area contributed by atoms with Gasteiger partial charge in [0.1, 0.15) is 6.61 Å². The van der Waals surface area contributed by atoms with Gasteiger partial charge in [-0.25, -0.2) is 0 Å². The van der Waals surface area contributed by atoms with Crippen LogP contribution in [0.15, 0.2) is 12.1 Å². The molecule has 2 N–H and O–H groups in total. The van der Waals surface area contributed by atoms with E-state index >= 15 is 0 Å². The van der Waals surface area contributed by atoms with Gasteiger partial charge >= 0.3 is 0 Å². The van der Waals surface area contributed by atoms with E-state index in [4.69, 9.17) is 22.1 Å². The Morgan fingerprint density at radius 3 is 2.76 bits per heavy atom. The fourth-order valence-corrected chi connectivity index (χ4v) is 2.10. The lowest BCUT2D eigenvalue weighted by atomic mass is 9.93. The number of halogens is 1. The molecular weight excluding hydrogens is 240 g/mol. The van der Waals surface area contributed by atoms with Crippen molar-refractivity contribution in [3.05, 3.63) is 17.2 Å². The van der Waals surface area contributed by atoms with E-state index in [2.05, 4.69) is 0 Å². The van der Waals surface area contributed by atoms with E-state index in [1.807, 2.05) is 13.8 Å². The Morgan fingerprint density at radius 1 is 1.47 bits per heavy atom. The van der Waals surface area contributed by atoms with Crippen LogP contribution in [0.1, 0.15) is 13.8 Å². The molecule has 17 heavy (non-hydrogen) atoms. The van der Waals surface area contributed by atoms with Crippen molar-refractivity contribution in [1.82, 2.24) is 0 Å². The van der Waals surface area contributed by atoms with Gasteiger partial charge in [-0.3, -0.25) is 4.79 Å². The summed E-state index contributed by atoms with van der Waals surface area (Å²) in [7, 11) is 1.70. The first-order chi connectivity index (χ1) is 7.83. The van der Waals surface area contributed by atoms with Gasteiger partial charge in [0.05, 0.1) is 16.8 Å².